The third kappa shape index (κ3) is 2.91. The second-order valence-corrected chi connectivity index (χ2v) is 7.74. The lowest BCUT2D eigenvalue weighted by Gasteiger charge is -2.57. The van der Waals surface area contributed by atoms with Crippen molar-refractivity contribution in [2.75, 3.05) is 0 Å². The summed E-state index contributed by atoms with van der Waals surface area (Å²) >= 11 is 0. The normalized spacial score (nSPS) is 41.0. The Morgan fingerprint density at radius 2 is 1.40 bits per heavy atom. The molecule has 3 saturated carbocycles. The molecular formula is C16H25F3N4O2. The van der Waals surface area contributed by atoms with Crippen LogP contribution in [0.3, 0.4) is 0 Å². The summed E-state index contributed by atoms with van der Waals surface area (Å²) in [5, 5.41) is 13.9. The molecule has 0 radical (unpaired) electrons. The second kappa shape index (κ2) is 6.95. The van der Waals surface area contributed by atoms with Gasteiger partial charge in [-0.2, -0.15) is 13.2 Å². The van der Waals surface area contributed by atoms with Crippen LogP contribution < -0.4 is 5.90 Å². The van der Waals surface area contributed by atoms with Crippen LogP contribution in [0.4, 0.5) is 13.2 Å². The molecule has 5 unspecified atom stereocenters. The Labute approximate surface area is 144 Å². The Bertz CT molecular complexity index is 516. The highest BCUT2D eigenvalue weighted by atomic mass is 19.4. The first-order chi connectivity index (χ1) is 11.9. The molecule has 0 saturated heterocycles. The van der Waals surface area contributed by atoms with E-state index in [-0.39, 0.29) is 11.8 Å². The van der Waals surface area contributed by atoms with Gasteiger partial charge in [-0.3, -0.25) is 4.84 Å². The first-order valence-electron chi connectivity index (χ1n) is 9.06. The summed E-state index contributed by atoms with van der Waals surface area (Å²) in [7, 11) is 0. The fraction of sp³-hybridized carbons (Fsp3) is 1.00. The minimum absolute atomic E-state index is 0.219. The van der Waals surface area contributed by atoms with E-state index >= 15 is 0 Å². The van der Waals surface area contributed by atoms with Crippen LogP contribution in [0.25, 0.3) is 10.4 Å². The lowest BCUT2D eigenvalue weighted by molar-refractivity contribution is -0.324. The summed E-state index contributed by atoms with van der Waals surface area (Å²) in [5.74, 6) is 2.85. The van der Waals surface area contributed by atoms with E-state index in [2.05, 4.69) is 14.9 Å². The van der Waals surface area contributed by atoms with Crippen LogP contribution >= 0.6 is 0 Å². The average Bonchev–Trinajstić information content (AvgIpc) is 2.60. The molecule has 3 fully saturated rings. The zero-order chi connectivity index (χ0) is 18.2. The van der Waals surface area contributed by atoms with Gasteiger partial charge in [0, 0.05) is 10.8 Å². The van der Waals surface area contributed by atoms with Gasteiger partial charge in [0.1, 0.15) is 0 Å². The number of nitrogens with two attached hydrogens (primary N) is 1. The molecule has 0 amide bonds. The molecule has 3 N–H and O–H groups in total. The van der Waals surface area contributed by atoms with E-state index in [4.69, 9.17) is 11.4 Å². The summed E-state index contributed by atoms with van der Waals surface area (Å²) in [4.78, 5) is 6.94. The highest BCUT2D eigenvalue weighted by Gasteiger charge is 2.68. The maximum Gasteiger partial charge on any atom is 0.425 e. The number of hydrogen-bond donors (Lipinski definition) is 2. The van der Waals surface area contributed by atoms with Crippen LogP contribution in [0, 0.1) is 29.6 Å². The van der Waals surface area contributed by atoms with Gasteiger partial charge in [-0.05, 0) is 60.0 Å². The standard InChI is InChI=1S/C16H25F3N4O2/c17-16(18,19)15(25-21,22-23-20)13-9-5-1-3-7-11(9)14(24)12-8-4-2-6-10(12)13/h9-14,24H,1-8,21H2. The molecule has 0 heterocycles. The van der Waals surface area contributed by atoms with Gasteiger partial charge < -0.3 is 5.11 Å². The first kappa shape index (κ1) is 18.8. The Kier molecular flexibility index (Phi) is 5.21. The molecule has 0 aliphatic heterocycles. The number of halogens is 3. The highest BCUT2D eigenvalue weighted by Crippen LogP contribution is 2.59. The summed E-state index contributed by atoms with van der Waals surface area (Å²) in [6, 6.07) is 0. The molecule has 3 aliphatic carbocycles. The predicted octanol–water partition coefficient (Wildman–Crippen LogP) is 4.05. The number of fused-ring (bicyclic) bond motifs is 2. The molecule has 0 aromatic heterocycles. The third-order valence-corrected chi connectivity index (χ3v) is 6.78. The molecule has 6 nitrogen and oxygen atoms in total. The van der Waals surface area contributed by atoms with Crippen LogP contribution in [0.2, 0.25) is 0 Å². The number of nitrogens with zero attached hydrogens (tertiary/aromatic N) is 3. The first-order valence-corrected chi connectivity index (χ1v) is 9.06. The van der Waals surface area contributed by atoms with E-state index < -0.39 is 35.8 Å². The Hall–Kier alpha value is -1.02. The molecule has 3 rings (SSSR count). The molecule has 3 aliphatic rings. The molecular weight excluding hydrogens is 337 g/mol. The predicted molar refractivity (Wildman–Crippen MR) is 83.6 cm³/mol. The van der Waals surface area contributed by atoms with E-state index in [9.17, 15) is 18.3 Å². The van der Waals surface area contributed by atoms with Crippen LogP contribution in [0.5, 0.6) is 0 Å². The van der Waals surface area contributed by atoms with Crippen molar-refractivity contribution in [2.45, 2.75) is 69.4 Å². The van der Waals surface area contributed by atoms with Crippen LogP contribution in [0.1, 0.15) is 51.4 Å². The Balaban J connectivity index is 2.12. The van der Waals surface area contributed by atoms with Gasteiger partial charge in [0.25, 0.3) is 5.72 Å². The molecule has 0 aromatic rings. The topological polar surface area (TPSA) is 104 Å². The largest absolute Gasteiger partial charge is 0.425 e. The van der Waals surface area contributed by atoms with Crippen molar-refractivity contribution in [1.29, 1.82) is 0 Å². The van der Waals surface area contributed by atoms with E-state index in [0.29, 0.717) is 25.7 Å². The van der Waals surface area contributed by atoms with E-state index in [1.54, 1.807) is 0 Å². The molecule has 9 heteroatoms. The van der Waals surface area contributed by atoms with Crippen LogP contribution in [-0.2, 0) is 4.84 Å². The van der Waals surface area contributed by atoms with Gasteiger partial charge in [0.15, 0.2) is 0 Å². The van der Waals surface area contributed by atoms with Gasteiger partial charge in [-0.15, -0.1) is 0 Å². The van der Waals surface area contributed by atoms with Crippen molar-refractivity contribution in [3.05, 3.63) is 10.4 Å². The van der Waals surface area contributed by atoms with Gasteiger partial charge >= 0.3 is 6.18 Å². The average molecular weight is 362 g/mol. The lowest BCUT2D eigenvalue weighted by Crippen LogP contribution is -2.64. The summed E-state index contributed by atoms with van der Waals surface area (Å²) in [5.41, 5.74) is 5.78. The van der Waals surface area contributed by atoms with Crippen molar-refractivity contribution >= 4 is 0 Å². The summed E-state index contributed by atoms with van der Waals surface area (Å²) < 4.78 is 42.1. The zero-order valence-electron chi connectivity index (χ0n) is 14.0. The van der Waals surface area contributed by atoms with E-state index in [0.717, 1.165) is 25.7 Å². The van der Waals surface area contributed by atoms with E-state index in [1.807, 2.05) is 0 Å². The fourth-order valence-corrected chi connectivity index (χ4v) is 5.88. The fourth-order valence-electron chi connectivity index (χ4n) is 5.88. The maximum absolute atomic E-state index is 14.0. The van der Waals surface area contributed by atoms with Crippen molar-refractivity contribution in [3.63, 3.8) is 0 Å². The minimum Gasteiger partial charge on any atom is -0.393 e. The molecule has 0 aromatic carbocycles. The quantitative estimate of drug-likeness (QED) is 0.342. The zero-order valence-corrected chi connectivity index (χ0v) is 14.0. The number of aliphatic hydroxyl groups excluding tert-OH is 1. The monoisotopic (exact) mass is 362 g/mol. The molecule has 25 heavy (non-hydrogen) atoms. The number of aliphatic hydroxyl groups is 1. The van der Waals surface area contributed by atoms with Gasteiger partial charge in [-0.1, -0.05) is 25.7 Å². The van der Waals surface area contributed by atoms with Crippen molar-refractivity contribution in [2.24, 2.45) is 40.6 Å². The molecule has 0 spiro atoms. The highest BCUT2D eigenvalue weighted by molar-refractivity contribution is 5.08. The summed E-state index contributed by atoms with van der Waals surface area (Å²) in [6.07, 6.45) is 0.411. The van der Waals surface area contributed by atoms with Crippen molar-refractivity contribution in [3.8, 4) is 0 Å². The lowest BCUT2D eigenvalue weighted by atomic mass is 9.51. The van der Waals surface area contributed by atoms with Crippen LogP contribution in [0.15, 0.2) is 5.11 Å². The third-order valence-electron chi connectivity index (χ3n) is 6.78. The number of rotatable bonds is 3. The SMILES string of the molecule is [N-]=[N+]=NC(ON)(C1C2CCCCC2C(O)C2CCCCC21)C(F)(F)F. The summed E-state index contributed by atoms with van der Waals surface area (Å²) in [6.45, 7) is 0. The van der Waals surface area contributed by atoms with Crippen LogP contribution in [-0.4, -0.2) is 23.1 Å². The second-order valence-electron chi connectivity index (χ2n) is 7.74. The molecule has 5 atom stereocenters. The van der Waals surface area contributed by atoms with Crippen molar-refractivity contribution in [1.82, 2.24) is 0 Å². The number of azide groups is 1. The maximum atomic E-state index is 14.0. The van der Waals surface area contributed by atoms with E-state index in [1.165, 1.54) is 0 Å². The smallest absolute Gasteiger partial charge is 0.393 e. The number of hydrogen-bond acceptors (Lipinski definition) is 4. The Morgan fingerprint density at radius 1 is 0.960 bits per heavy atom. The number of alkyl halides is 3. The van der Waals surface area contributed by atoms with Gasteiger partial charge in [-0.25, -0.2) is 5.90 Å². The van der Waals surface area contributed by atoms with Crippen molar-refractivity contribution < 1.29 is 23.1 Å². The molecule has 142 valence electrons. The molecule has 0 bridgehead atoms. The minimum atomic E-state index is -4.91. The Morgan fingerprint density at radius 3 is 1.76 bits per heavy atom. The van der Waals surface area contributed by atoms with Gasteiger partial charge in [0.05, 0.1) is 6.10 Å². The van der Waals surface area contributed by atoms with Gasteiger partial charge in [0.2, 0.25) is 0 Å².